The molecule has 2 heterocycles. The molecular formula is C13H21ClN4O. The SMILES string of the molecule is Cc1nn(C)c(Cl)c1CN1CCN(C)C(=O)C1(C)C. The van der Waals surface area contributed by atoms with Crippen molar-refractivity contribution in [2.45, 2.75) is 32.9 Å². The number of hydrogen-bond donors (Lipinski definition) is 0. The second-order valence-corrected chi connectivity index (χ2v) is 6.04. The number of carbonyl (C=O) groups excluding carboxylic acids is 1. The molecule has 0 bridgehead atoms. The van der Waals surface area contributed by atoms with Crippen LogP contribution in [0.1, 0.15) is 25.1 Å². The Labute approximate surface area is 119 Å². The van der Waals surface area contributed by atoms with E-state index in [-0.39, 0.29) is 5.91 Å². The lowest BCUT2D eigenvalue weighted by atomic mass is 9.97. The van der Waals surface area contributed by atoms with Crippen LogP contribution in [0.15, 0.2) is 0 Å². The van der Waals surface area contributed by atoms with Crippen molar-refractivity contribution in [2.75, 3.05) is 20.1 Å². The van der Waals surface area contributed by atoms with Gasteiger partial charge in [-0.25, -0.2) is 0 Å². The van der Waals surface area contributed by atoms with Crippen molar-refractivity contribution < 1.29 is 4.79 Å². The van der Waals surface area contributed by atoms with Crippen LogP contribution in [-0.4, -0.2) is 51.2 Å². The Bertz CT molecular complexity index is 509. The molecule has 0 aliphatic carbocycles. The second-order valence-electron chi connectivity index (χ2n) is 5.69. The van der Waals surface area contributed by atoms with Crippen molar-refractivity contribution >= 4 is 17.5 Å². The quantitative estimate of drug-likeness (QED) is 0.825. The van der Waals surface area contributed by atoms with Gasteiger partial charge in [0.15, 0.2) is 0 Å². The largest absolute Gasteiger partial charge is 0.343 e. The Balaban J connectivity index is 2.26. The summed E-state index contributed by atoms with van der Waals surface area (Å²) in [7, 11) is 3.68. The van der Waals surface area contributed by atoms with E-state index in [4.69, 9.17) is 11.6 Å². The first-order chi connectivity index (χ1) is 8.75. The molecule has 2 rings (SSSR count). The van der Waals surface area contributed by atoms with Crippen molar-refractivity contribution in [1.82, 2.24) is 19.6 Å². The summed E-state index contributed by atoms with van der Waals surface area (Å²) < 4.78 is 1.68. The highest BCUT2D eigenvalue weighted by molar-refractivity contribution is 6.30. The third kappa shape index (κ3) is 2.37. The number of carbonyl (C=O) groups is 1. The van der Waals surface area contributed by atoms with E-state index in [0.717, 1.165) is 24.3 Å². The minimum absolute atomic E-state index is 0.149. The van der Waals surface area contributed by atoms with Crippen LogP contribution in [0.25, 0.3) is 0 Å². The minimum atomic E-state index is -0.501. The van der Waals surface area contributed by atoms with E-state index in [1.807, 2.05) is 34.9 Å². The van der Waals surface area contributed by atoms with Gasteiger partial charge in [0.2, 0.25) is 5.91 Å². The van der Waals surface area contributed by atoms with E-state index >= 15 is 0 Å². The first-order valence-electron chi connectivity index (χ1n) is 6.43. The zero-order valence-corrected chi connectivity index (χ0v) is 13.0. The van der Waals surface area contributed by atoms with E-state index in [1.54, 1.807) is 9.58 Å². The van der Waals surface area contributed by atoms with Gasteiger partial charge in [0, 0.05) is 39.3 Å². The molecular weight excluding hydrogens is 264 g/mol. The van der Waals surface area contributed by atoms with Crippen molar-refractivity contribution in [1.29, 1.82) is 0 Å². The number of rotatable bonds is 2. The van der Waals surface area contributed by atoms with Crippen LogP contribution in [-0.2, 0) is 18.4 Å². The number of likely N-dealkylation sites (N-methyl/N-ethyl adjacent to an activating group) is 1. The number of piperazine rings is 1. The Morgan fingerprint density at radius 1 is 1.32 bits per heavy atom. The highest BCUT2D eigenvalue weighted by atomic mass is 35.5. The molecule has 1 aromatic rings. The average Bonchev–Trinajstić information content (AvgIpc) is 2.56. The molecule has 5 nitrogen and oxygen atoms in total. The van der Waals surface area contributed by atoms with Gasteiger partial charge >= 0.3 is 0 Å². The lowest BCUT2D eigenvalue weighted by Crippen LogP contribution is -2.61. The van der Waals surface area contributed by atoms with Gasteiger partial charge in [-0.1, -0.05) is 11.6 Å². The average molecular weight is 285 g/mol. The molecule has 106 valence electrons. The fourth-order valence-electron chi connectivity index (χ4n) is 2.58. The number of aromatic nitrogens is 2. The fraction of sp³-hybridized carbons (Fsp3) is 0.692. The number of halogens is 1. The van der Waals surface area contributed by atoms with Crippen molar-refractivity contribution in [2.24, 2.45) is 7.05 Å². The van der Waals surface area contributed by atoms with E-state index in [9.17, 15) is 4.79 Å². The lowest BCUT2D eigenvalue weighted by molar-refractivity contribution is -0.147. The fourth-order valence-corrected chi connectivity index (χ4v) is 2.81. The summed E-state index contributed by atoms with van der Waals surface area (Å²) in [6.45, 7) is 8.13. The molecule has 19 heavy (non-hydrogen) atoms. The molecule has 0 unspecified atom stereocenters. The third-order valence-electron chi connectivity index (χ3n) is 3.98. The predicted molar refractivity (Wildman–Crippen MR) is 75.1 cm³/mol. The zero-order chi connectivity index (χ0) is 14.4. The van der Waals surface area contributed by atoms with Crippen LogP contribution in [0.5, 0.6) is 0 Å². The Hall–Kier alpha value is -1.07. The normalized spacial score (nSPS) is 20.1. The molecule has 6 heteroatoms. The number of aryl methyl sites for hydroxylation is 2. The molecule has 1 amide bonds. The van der Waals surface area contributed by atoms with E-state index < -0.39 is 5.54 Å². The summed E-state index contributed by atoms with van der Waals surface area (Å²) in [6, 6.07) is 0. The van der Waals surface area contributed by atoms with Crippen LogP contribution >= 0.6 is 11.6 Å². The molecule has 1 saturated heterocycles. The van der Waals surface area contributed by atoms with Gasteiger partial charge in [0.05, 0.1) is 11.2 Å². The minimum Gasteiger partial charge on any atom is -0.343 e. The topological polar surface area (TPSA) is 41.4 Å². The van der Waals surface area contributed by atoms with Gasteiger partial charge in [-0.2, -0.15) is 5.10 Å². The summed E-state index contributed by atoms with van der Waals surface area (Å²) in [5.74, 6) is 0.149. The van der Waals surface area contributed by atoms with E-state index in [2.05, 4.69) is 10.00 Å². The number of amides is 1. The predicted octanol–water partition coefficient (Wildman–Crippen LogP) is 1.43. The van der Waals surface area contributed by atoms with Crippen molar-refractivity contribution in [3.8, 4) is 0 Å². The monoisotopic (exact) mass is 284 g/mol. The molecule has 0 saturated carbocycles. The molecule has 0 aromatic carbocycles. The summed E-state index contributed by atoms with van der Waals surface area (Å²) in [5, 5.41) is 4.97. The Morgan fingerprint density at radius 3 is 2.47 bits per heavy atom. The standard InChI is InChI=1S/C13H21ClN4O/c1-9-10(11(14)17(5)15-9)8-18-7-6-16(4)12(19)13(18,2)3/h6-8H2,1-5H3. The van der Waals surface area contributed by atoms with Gasteiger partial charge in [0.1, 0.15) is 5.15 Å². The van der Waals surface area contributed by atoms with Gasteiger partial charge < -0.3 is 4.90 Å². The van der Waals surface area contributed by atoms with Crippen LogP contribution in [0.4, 0.5) is 0 Å². The molecule has 0 radical (unpaired) electrons. The second kappa shape index (κ2) is 4.80. The first-order valence-corrected chi connectivity index (χ1v) is 6.81. The number of hydrogen-bond acceptors (Lipinski definition) is 3. The molecule has 0 spiro atoms. The van der Waals surface area contributed by atoms with Crippen LogP contribution < -0.4 is 0 Å². The van der Waals surface area contributed by atoms with Crippen LogP contribution in [0, 0.1) is 6.92 Å². The van der Waals surface area contributed by atoms with Crippen molar-refractivity contribution in [3.63, 3.8) is 0 Å². The van der Waals surface area contributed by atoms with Crippen molar-refractivity contribution in [3.05, 3.63) is 16.4 Å². The molecule has 0 N–H and O–H groups in total. The highest BCUT2D eigenvalue weighted by Gasteiger charge is 2.40. The third-order valence-corrected chi connectivity index (χ3v) is 4.46. The Kier molecular flexibility index (Phi) is 3.62. The highest BCUT2D eigenvalue weighted by Crippen LogP contribution is 2.27. The van der Waals surface area contributed by atoms with E-state index in [0.29, 0.717) is 11.7 Å². The maximum absolute atomic E-state index is 12.3. The zero-order valence-electron chi connectivity index (χ0n) is 12.2. The maximum atomic E-state index is 12.3. The van der Waals surface area contributed by atoms with Gasteiger partial charge in [0.25, 0.3) is 0 Å². The van der Waals surface area contributed by atoms with Gasteiger partial charge in [-0.05, 0) is 20.8 Å². The lowest BCUT2D eigenvalue weighted by Gasteiger charge is -2.44. The van der Waals surface area contributed by atoms with E-state index in [1.165, 1.54) is 0 Å². The summed E-state index contributed by atoms with van der Waals surface area (Å²) in [6.07, 6.45) is 0. The summed E-state index contributed by atoms with van der Waals surface area (Å²) >= 11 is 6.27. The first kappa shape index (κ1) is 14.3. The van der Waals surface area contributed by atoms with Crippen LogP contribution in [0.3, 0.4) is 0 Å². The number of nitrogens with zero attached hydrogens (tertiary/aromatic N) is 4. The molecule has 1 aliphatic heterocycles. The summed E-state index contributed by atoms with van der Waals surface area (Å²) in [4.78, 5) is 16.2. The van der Waals surface area contributed by atoms with Gasteiger partial charge in [-0.15, -0.1) is 0 Å². The molecule has 1 fully saturated rings. The molecule has 1 aromatic heterocycles. The maximum Gasteiger partial charge on any atom is 0.242 e. The Morgan fingerprint density at radius 2 is 1.95 bits per heavy atom. The molecule has 0 atom stereocenters. The van der Waals surface area contributed by atoms with Crippen LogP contribution in [0.2, 0.25) is 5.15 Å². The summed E-state index contributed by atoms with van der Waals surface area (Å²) in [5.41, 5.74) is 1.43. The smallest absolute Gasteiger partial charge is 0.242 e. The van der Waals surface area contributed by atoms with Gasteiger partial charge in [-0.3, -0.25) is 14.4 Å². The molecule has 1 aliphatic rings.